The third-order valence-electron chi connectivity index (χ3n) is 5.03. The van der Waals surface area contributed by atoms with Gasteiger partial charge in [-0.25, -0.2) is 0 Å². The van der Waals surface area contributed by atoms with Crippen LogP contribution in [0.2, 0.25) is 10.0 Å². The van der Waals surface area contributed by atoms with Crippen LogP contribution in [0.3, 0.4) is 0 Å². The average Bonchev–Trinajstić information content (AvgIpc) is 3.21. The maximum Gasteiger partial charge on any atom is 0.305 e. The molecule has 1 aliphatic heterocycles. The van der Waals surface area contributed by atoms with Crippen LogP contribution >= 0.6 is 23.2 Å². The topological polar surface area (TPSA) is 71.4 Å². The second-order valence-electron chi connectivity index (χ2n) is 7.89. The van der Waals surface area contributed by atoms with Crippen molar-refractivity contribution in [3.63, 3.8) is 0 Å². The first-order chi connectivity index (χ1) is 15.4. The number of hydrogen-bond donors (Lipinski definition) is 1. The quantitative estimate of drug-likeness (QED) is 0.474. The highest BCUT2D eigenvalue weighted by molar-refractivity contribution is 6.31. The van der Waals surface area contributed by atoms with Crippen molar-refractivity contribution in [2.45, 2.75) is 44.9 Å². The SMILES string of the molecule is CCCC(=O)OC[C@H](O)CN(Cc1cccc(Cl)c1)C[C@H]1CC(c2ccc(Cl)cc2)=NO1. The summed E-state index contributed by atoms with van der Waals surface area (Å²) in [4.78, 5) is 19.4. The molecule has 0 aliphatic carbocycles. The number of oxime groups is 1. The van der Waals surface area contributed by atoms with Gasteiger partial charge in [0.15, 0.2) is 0 Å². The van der Waals surface area contributed by atoms with Gasteiger partial charge in [-0.3, -0.25) is 9.69 Å². The maximum atomic E-state index is 11.6. The van der Waals surface area contributed by atoms with Gasteiger partial charge in [0.25, 0.3) is 0 Å². The molecule has 6 nitrogen and oxygen atoms in total. The summed E-state index contributed by atoms with van der Waals surface area (Å²) in [7, 11) is 0. The van der Waals surface area contributed by atoms with Crippen LogP contribution in [0.4, 0.5) is 0 Å². The molecule has 0 saturated carbocycles. The number of carbonyl (C=O) groups excluding carboxylic acids is 1. The molecule has 32 heavy (non-hydrogen) atoms. The third kappa shape index (κ3) is 7.78. The van der Waals surface area contributed by atoms with Crippen molar-refractivity contribution in [1.29, 1.82) is 0 Å². The van der Waals surface area contributed by atoms with Crippen molar-refractivity contribution < 1.29 is 19.5 Å². The van der Waals surface area contributed by atoms with Gasteiger partial charge in [0, 0.05) is 42.5 Å². The first-order valence-corrected chi connectivity index (χ1v) is 11.5. The van der Waals surface area contributed by atoms with E-state index in [4.69, 9.17) is 32.8 Å². The maximum absolute atomic E-state index is 11.6. The predicted octanol–water partition coefficient (Wildman–Crippen LogP) is 4.69. The van der Waals surface area contributed by atoms with Crippen LogP contribution in [-0.2, 0) is 20.9 Å². The highest BCUT2D eigenvalue weighted by atomic mass is 35.5. The number of hydrogen-bond acceptors (Lipinski definition) is 6. The van der Waals surface area contributed by atoms with Crippen LogP contribution in [0.15, 0.2) is 53.7 Å². The van der Waals surface area contributed by atoms with E-state index in [1.165, 1.54) is 0 Å². The normalized spacial score (nSPS) is 16.5. The lowest BCUT2D eigenvalue weighted by atomic mass is 10.0. The highest BCUT2D eigenvalue weighted by Crippen LogP contribution is 2.21. The van der Waals surface area contributed by atoms with E-state index in [0.717, 1.165) is 16.8 Å². The second-order valence-corrected chi connectivity index (χ2v) is 8.76. The Morgan fingerprint density at radius 2 is 2.03 bits per heavy atom. The molecule has 172 valence electrons. The van der Waals surface area contributed by atoms with Gasteiger partial charge in [0.2, 0.25) is 0 Å². The van der Waals surface area contributed by atoms with Gasteiger partial charge in [-0.15, -0.1) is 0 Å². The van der Waals surface area contributed by atoms with Crippen LogP contribution < -0.4 is 0 Å². The molecule has 1 heterocycles. The fourth-order valence-corrected chi connectivity index (χ4v) is 3.88. The van der Waals surface area contributed by atoms with E-state index < -0.39 is 6.10 Å². The summed E-state index contributed by atoms with van der Waals surface area (Å²) >= 11 is 12.1. The zero-order valence-corrected chi connectivity index (χ0v) is 19.6. The molecule has 0 aromatic heterocycles. The van der Waals surface area contributed by atoms with E-state index in [9.17, 15) is 9.90 Å². The monoisotopic (exact) mass is 478 g/mol. The highest BCUT2D eigenvalue weighted by Gasteiger charge is 2.26. The lowest BCUT2D eigenvalue weighted by Crippen LogP contribution is -2.39. The molecule has 3 rings (SSSR count). The fourth-order valence-electron chi connectivity index (χ4n) is 3.54. The molecule has 8 heteroatoms. The van der Waals surface area contributed by atoms with Gasteiger partial charge in [-0.2, -0.15) is 0 Å². The van der Waals surface area contributed by atoms with Crippen LogP contribution in [0, 0.1) is 0 Å². The van der Waals surface area contributed by atoms with E-state index >= 15 is 0 Å². The lowest BCUT2D eigenvalue weighted by Gasteiger charge is -2.27. The summed E-state index contributed by atoms with van der Waals surface area (Å²) in [6, 6.07) is 15.1. The molecular formula is C24H28Cl2N2O4. The number of carbonyl (C=O) groups is 1. The van der Waals surface area contributed by atoms with Crippen molar-refractivity contribution in [2.75, 3.05) is 19.7 Å². The smallest absolute Gasteiger partial charge is 0.305 e. The molecule has 0 amide bonds. The van der Waals surface area contributed by atoms with Gasteiger partial charge in [0.1, 0.15) is 18.8 Å². The standard InChI is InChI=1S/C24H28Cl2N2O4/c1-2-4-24(30)31-16-21(29)14-28(13-17-5-3-6-20(26)11-17)15-22-12-23(27-32-22)18-7-9-19(25)10-8-18/h3,5-11,21-22,29H,2,4,12-16H2,1H3/t21-,22-/m1/s1. The minimum Gasteiger partial charge on any atom is -0.463 e. The summed E-state index contributed by atoms with van der Waals surface area (Å²) in [5, 5.41) is 16.0. The molecule has 2 aromatic carbocycles. The number of aliphatic hydroxyl groups excluding tert-OH is 1. The zero-order chi connectivity index (χ0) is 22.9. The number of aliphatic hydroxyl groups is 1. The Morgan fingerprint density at radius 3 is 2.75 bits per heavy atom. The van der Waals surface area contributed by atoms with E-state index in [0.29, 0.717) is 48.9 Å². The Labute approximate surface area is 198 Å². The summed E-state index contributed by atoms with van der Waals surface area (Å²) in [6.07, 6.45) is 0.738. The van der Waals surface area contributed by atoms with Gasteiger partial charge >= 0.3 is 5.97 Å². The number of ether oxygens (including phenoxy) is 1. The van der Waals surface area contributed by atoms with E-state index in [1.54, 1.807) is 0 Å². The average molecular weight is 479 g/mol. The van der Waals surface area contributed by atoms with Gasteiger partial charge < -0.3 is 14.7 Å². The van der Waals surface area contributed by atoms with E-state index in [-0.39, 0.29) is 18.7 Å². The fraction of sp³-hybridized carbons (Fsp3) is 0.417. The number of rotatable bonds is 11. The third-order valence-corrected chi connectivity index (χ3v) is 5.51. The van der Waals surface area contributed by atoms with Crippen molar-refractivity contribution >= 4 is 34.9 Å². The zero-order valence-electron chi connectivity index (χ0n) is 18.0. The number of nitrogens with zero attached hydrogens (tertiary/aromatic N) is 2. The van der Waals surface area contributed by atoms with Crippen molar-refractivity contribution in [3.8, 4) is 0 Å². The Kier molecular flexibility index (Phi) is 9.36. The Bertz CT molecular complexity index is 920. The van der Waals surface area contributed by atoms with Gasteiger partial charge in [0.05, 0.1) is 5.71 Å². The summed E-state index contributed by atoms with van der Waals surface area (Å²) in [5.41, 5.74) is 2.86. The Balaban J connectivity index is 1.60. The van der Waals surface area contributed by atoms with Gasteiger partial charge in [-0.1, -0.05) is 59.5 Å². The van der Waals surface area contributed by atoms with Crippen LogP contribution in [-0.4, -0.2) is 53.6 Å². The lowest BCUT2D eigenvalue weighted by molar-refractivity contribution is -0.147. The molecule has 0 radical (unpaired) electrons. The van der Waals surface area contributed by atoms with Crippen molar-refractivity contribution in [2.24, 2.45) is 5.16 Å². The van der Waals surface area contributed by atoms with Gasteiger partial charge in [-0.05, 0) is 41.8 Å². The van der Waals surface area contributed by atoms with Crippen LogP contribution in [0.25, 0.3) is 0 Å². The molecule has 0 spiro atoms. The predicted molar refractivity (Wildman–Crippen MR) is 126 cm³/mol. The molecule has 1 N–H and O–H groups in total. The summed E-state index contributed by atoms with van der Waals surface area (Å²) < 4.78 is 5.17. The molecule has 0 fully saturated rings. The van der Waals surface area contributed by atoms with Crippen LogP contribution in [0.1, 0.15) is 37.3 Å². The second kappa shape index (κ2) is 12.2. The minimum atomic E-state index is -0.812. The molecule has 2 aromatic rings. The van der Waals surface area contributed by atoms with Crippen molar-refractivity contribution in [1.82, 2.24) is 4.90 Å². The van der Waals surface area contributed by atoms with E-state index in [1.807, 2.05) is 55.5 Å². The minimum absolute atomic E-state index is 0.0388. The molecule has 0 bridgehead atoms. The molecular weight excluding hydrogens is 451 g/mol. The number of halogens is 2. The molecule has 1 aliphatic rings. The first kappa shape index (κ1) is 24.5. The van der Waals surface area contributed by atoms with Crippen LogP contribution in [0.5, 0.6) is 0 Å². The summed E-state index contributed by atoms with van der Waals surface area (Å²) in [5.74, 6) is -0.298. The van der Waals surface area contributed by atoms with E-state index in [2.05, 4.69) is 10.1 Å². The summed E-state index contributed by atoms with van der Waals surface area (Å²) in [6.45, 7) is 3.31. The molecule has 0 unspecified atom stereocenters. The molecule has 0 saturated heterocycles. The number of esters is 1. The Morgan fingerprint density at radius 1 is 1.25 bits per heavy atom. The Hall–Kier alpha value is -2.12. The number of benzene rings is 2. The first-order valence-electron chi connectivity index (χ1n) is 10.7. The largest absolute Gasteiger partial charge is 0.463 e. The molecule has 2 atom stereocenters. The van der Waals surface area contributed by atoms with Crippen molar-refractivity contribution in [3.05, 3.63) is 69.7 Å².